The van der Waals surface area contributed by atoms with Gasteiger partial charge in [0.25, 0.3) is 5.56 Å². The number of hydrogen-bond donors (Lipinski definition) is 0. The van der Waals surface area contributed by atoms with Gasteiger partial charge in [0.15, 0.2) is 0 Å². The molecule has 0 N–H and O–H groups in total. The molecule has 2 aromatic rings. The van der Waals surface area contributed by atoms with Crippen LogP contribution in [-0.2, 0) is 4.74 Å². The zero-order valence-electron chi connectivity index (χ0n) is 11.0. The minimum Gasteiger partial charge on any atom is -0.375 e. The van der Waals surface area contributed by atoms with Gasteiger partial charge in [-0.25, -0.2) is 4.98 Å². The maximum Gasteiger partial charge on any atom is 0.259 e. The number of ether oxygens (including phenoxy) is 1. The van der Waals surface area contributed by atoms with E-state index in [0.717, 1.165) is 25.3 Å². The van der Waals surface area contributed by atoms with Crippen LogP contribution in [0.3, 0.4) is 0 Å². The van der Waals surface area contributed by atoms with E-state index in [1.165, 1.54) is 0 Å². The van der Waals surface area contributed by atoms with Crippen molar-refractivity contribution in [1.82, 2.24) is 9.38 Å². The molecular weight excluding hydrogens is 242 g/mol. The topological polar surface area (TPSA) is 46.8 Å². The number of pyridine rings is 1. The highest BCUT2D eigenvalue weighted by Gasteiger charge is 2.20. The molecule has 0 spiro atoms. The summed E-state index contributed by atoms with van der Waals surface area (Å²) >= 11 is 0. The van der Waals surface area contributed by atoms with E-state index >= 15 is 0 Å². The standard InChI is InChI=1S/C14H17N3O2/c1-2-11-10-16(7-8-19-11)13-9-14(18)17-6-4-3-5-12(17)15-13/h3-6,9,11H,2,7-8,10H2,1H3. The van der Waals surface area contributed by atoms with E-state index in [9.17, 15) is 4.79 Å². The van der Waals surface area contributed by atoms with Crippen LogP contribution in [0.25, 0.3) is 5.65 Å². The minimum absolute atomic E-state index is 0.0415. The van der Waals surface area contributed by atoms with Crippen LogP contribution >= 0.6 is 0 Å². The number of anilines is 1. The summed E-state index contributed by atoms with van der Waals surface area (Å²) in [7, 11) is 0. The Morgan fingerprint density at radius 3 is 3.21 bits per heavy atom. The largest absolute Gasteiger partial charge is 0.375 e. The van der Waals surface area contributed by atoms with Crippen molar-refractivity contribution in [2.45, 2.75) is 19.4 Å². The van der Waals surface area contributed by atoms with Crippen molar-refractivity contribution < 1.29 is 4.74 Å². The summed E-state index contributed by atoms with van der Waals surface area (Å²) in [5.74, 6) is 0.748. The first kappa shape index (κ1) is 12.2. The van der Waals surface area contributed by atoms with Crippen molar-refractivity contribution in [3.63, 3.8) is 0 Å². The molecule has 5 heteroatoms. The Kier molecular flexibility index (Phi) is 3.21. The smallest absolute Gasteiger partial charge is 0.259 e. The fourth-order valence-electron chi connectivity index (χ4n) is 2.38. The van der Waals surface area contributed by atoms with Crippen LogP contribution in [0.4, 0.5) is 5.82 Å². The lowest BCUT2D eigenvalue weighted by atomic mass is 10.2. The minimum atomic E-state index is -0.0415. The Labute approximate surface area is 111 Å². The van der Waals surface area contributed by atoms with Gasteiger partial charge in [0.1, 0.15) is 11.5 Å². The van der Waals surface area contributed by atoms with Gasteiger partial charge in [0.2, 0.25) is 0 Å². The van der Waals surface area contributed by atoms with E-state index in [2.05, 4.69) is 16.8 Å². The molecule has 1 saturated heterocycles. The molecule has 1 aliphatic rings. The molecule has 1 atom stereocenters. The van der Waals surface area contributed by atoms with E-state index in [-0.39, 0.29) is 11.7 Å². The Balaban J connectivity index is 1.99. The second kappa shape index (κ2) is 5.01. The monoisotopic (exact) mass is 259 g/mol. The van der Waals surface area contributed by atoms with Gasteiger partial charge in [0.05, 0.1) is 12.7 Å². The maximum atomic E-state index is 12.1. The van der Waals surface area contributed by atoms with Crippen molar-refractivity contribution in [3.05, 3.63) is 40.8 Å². The van der Waals surface area contributed by atoms with Crippen LogP contribution in [0, 0.1) is 0 Å². The summed E-state index contributed by atoms with van der Waals surface area (Å²) in [6.07, 6.45) is 2.94. The molecule has 0 bridgehead atoms. The number of morpholine rings is 1. The summed E-state index contributed by atoms with van der Waals surface area (Å²) in [5, 5.41) is 0. The van der Waals surface area contributed by atoms with Gasteiger partial charge < -0.3 is 9.64 Å². The van der Waals surface area contributed by atoms with Crippen LogP contribution in [-0.4, -0.2) is 35.2 Å². The van der Waals surface area contributed by atoms with Crippen LogP contribution < -0.4 is 10.5 Å². The lowest BCUT2D eigenvalue weighted by Crippen LogP contribution is -2.43. The molecule has 0 amide bonds. The van der Waals surface area contributed by atoms with Gasteiger partial charge in [-0.3, -0.25) is 9.20 Å². The second-order valence-electron chi connectivity index (χ2n) is 4.73. The van der Waals surface area contributed by atoms with Crippen LogP contribution in [0.15, 0.2) is 35.3 Å². The molecule has 100 valence electrons. The predicted octanol–water partition coefficient (Wildman–Crippen LogP) is 1.31. The molecule has 0 saturated carbocycles. The third-order valence-corrected chi connectivity index (χ3v) is 3.48. The normalized spacial score (nSPS) is 19.8. The molecule has 1 aliphatic heterocycles. The zero-order chi connectivity index (χ0) is 13.2. The molecule has 1 unspecified atom stereocenters. The Morgan fingerprint density at radius 2 is 2.37 bits per heavy atom. The summed E-state index contributed by atoms with van der Waals surface area (Å²) in [5.41, 5.74) is 0.643. The van der Waals surface area contributed by atoms with Crippen molar-refractivity contribution in [1.29, 1.82) is 0 Å². The summed E-state index contributed by atoms with van der Waals surface area (Å²) in [4.78, 5) is 18.8. The molecule has 0 aliphatic carbocycles. The van der Waals surface area contributed by atoms with Gasteiger partial charge in [-0.05, 0) is 18.6 Å². The summed E-state index contributed by atoms with van der Waals surface area (Å²) in [6, 6.07) is 7.17. The molecule has 3 heterocycles. The number of nitrogens with zero attached hydrogens (tertiary/aromatic N) is 3. The average Bonchev–Trinajstić information content (AvgIpc) is 2.47. The molecular formula is C14H17N3O2. The predicted molar refractivity (Wildman–Crippen MR) is 73.7 cm³/mol. The molecule has 5 nitrogen and oxygen atoms in total. The van der Waals surface area contributed by atoms with Crippen molar-refractivity contribution in [2.75, 3.05) is 24.6 Å². The lowest BCUT2D eigenvalue weighted by Gasteiger charge is -2.33. The first-order valence-corrected chi connectivity index (χ1v) is 6.63. The van der Waals surface area contributed by atoms with Crippen molar-refractivity contribution >= 4 is 11.5 Å². The highest BCUT2D eigenvalue weighted by atomic mass is 16.5. The average molecular weight is 259 g/mol. The van der Waals surface area contributed by atoms with E-state index in [4.69, 9.17) is 4.74 Å². The molecule has 0 radical (unpaired) electrons. The Hall–Kier alpha value is -1.88. The fourth-order valence-corrected chi connectivity index (χ4v) is 2.38. The zero-order valence-corrected chi connectivity index (χ0v) is 11.0. The van der Waals surface area contributed by atoms with E-state index in [1.807, 2.05) is 18.2 Å². The van der Waals surface area contributed by atoms with E-state index in [1.54, 1.807) is 16.7 Å². The summed E-state index contributed by atoms with van der Waals surface area (Å²) in [6.45, 7) is 4.38. The van der Waals surface area contributed by atoms with Gasteiger partial charge in [-0.2, -0.15) is 0 Å². The fraction of sp³-hybridized carbons (Fsp3) is 0.429. The number of fused-ring (bicyclic) bond motifs is 1. The van der Waals surface area contributed by atoms with Crippen molar-refractivity contribution in [2.24, 2.45) is 0 Å². The van der Waals surface area contributed by atoms with Gasteiger partial charge in [-0.1, -0.05) is 13.0 Å². The first-order chi connectivity index (χ1) is 9.28. The van der Waals surface area contributed by atoms with Crippen LogP contribution in [0.1, 0.15) is 13.3 Å². The van der Waals surface area contributed by atoms with Crippen LogP contribution in [0.5, 0.6) is 0 Å². The lowest BCUT2D eigenvalue weighted by molar-refractivity contribution is 0.0382. The molecule has 0 aromatic carbocycles. The van der Waals surface area contributed by atoms with Gasteiger partial charge in [-0.15, -0.1) is 0 Å². The Bertz CT molecular complexity index is 638. The van der Waals surface area contributed by atoms with Crippen LogP contribution in [0.2, 0.25) is 0 Å². The molecule has 3 rings (SSSR count). The van der Waals surface area contributed by atoms with E-state index < -0.39 is 0 Å². The summed E-state index contributed by atoms with van der Waals surface area (Å²) < 4.78 is 7.20. The van der Waals surface area contributed by atoms with E-state index in [0.29, 0.717) is 12.3 Å². The SMILES string of the molecule is CCC1CN(c2cc(=O)n3ccccc3n2)CCO1. The van der Waals surface area contributed by atoms with Crippen molar-refractivity contribution in [3.8, 4) is 0 Å². The molecule has 1 fully saturated rings. The third-order valence-electron chi connectivity index (χ3n) is 3.48. The number of aromatic nitrogens is 2. The maximum absolute atomic E-state index is 12.1. The van der Waals surface area contributed by atoms with Gasteiger partial charge >= 0.3 is 0 Å². The second-order valence-corrected chi connectivity index (χ2v) is 4.73. The number of rotatable bonds is 2. The Morgan fingerprint density at radius 1 is 1.47 bits per heavy atom. The number of hydrogen-bond acceptors (Lipinski definition) is 4. The third kappa shape index (κ3) is 2.33. The highest BCUT2D eigenvalue weighted by molar-refractivity contribution is 5.48. The first-order valence-electron chi connectivity index (χ1n) is 6.63. The quantitative estimate of drug-likeness (QED) is 0.816. The molecule has 19 heavy (non-hydrogen) atoms. The highest BCUT2D eigenvalue weighted by Crippen LogP contribution is 2.15. The van der Waals surface area contributed by atoms with Gasteiger partial charge in [0, 0.05) is 25.4 Å². The molecule has 2 aromatic heterocycles.